The van der Waals surface area contributed by atoms with Crippen LogP contribution in [0.5, 0.6) is 0 Å². The maximum Gasteiger partial charge on any atom is 0.106 e. The minimum Gasteiger partial charge on any atom is -0.346 e. The fourth-order valence-electron chi connectivity index (χ4n) is 1.79. The summed E-state index contributed by atoms with van der Waals surface area (Å²) in [7, 11) is 0. The number of rotatable bonds is 2. The Kier molecular flexibility index (Phi) is 3.13. The van der Waals surface area contributed by atoms with Gasteiger partial charge in [0, 0.05) is 30.2 Å². The molecule has 1 unspecified atom stereocenters. The molecule has 2 N–H and O–H groups in total. The summed E-state index contributed by atoms with van der Waals surface area (Å²) in [4.78, 5) is 7.95. The molecule has 1 aliphatic heterocycles. The standard InChI is InChI=1S/C10H17N3S/c1-3-9-12-7(2)10(13-9)8-6-14-5-4-11-8/h8,11H,3-6H2,1-2H3,(H,12,13). The summed E-state index contributed by atoms with van der Waals surface area (Å²) in [6.45, 7) is 5.34. The van der Waals surface area contributed by atoms with Crippen molar-refractivity contribution in [3.63, 3.8) is 0 Å². The third-order valence-electron chi connectivity index (χ3n) is 2.56. The Morgan fingerprint density at radius 3 is 3.00 bits per heavy atom. The van der Waals surface area contributed by atoms with Gasteiger partial charge in [0.2, 0.25) is 0 Å². The van der Waals surface area contributed by atoms with Gasteiger partial charge in [0.1, 0.15) is 5.82 Å². The second-order valence-electron chi connectivity index (χ2n) is 3.63. The van der Waals surface area contributed by atoms with Crippen LogP contribution in [0.3, 0.4) is 0 Å². The Morgan fingerprint density at radius 2 is 2.43 bits per heavy atom. The highest BCUT2D eigenvalue weighted by atomic mass is 32.2. The minimum atomic E-state index is 0.449. The van der Waals surface area contributed by atoms with Gasteiger partial charge in [-0.15, -0.1) is 0 Å². The molecule has 1 aromatic rings. The molecule has 0 radical (unpaired) electrons. The Morgan fingerprint density at radius 1 is 1.57 bits per heavy atom. The highest BCUT2D eigenvalue weighted by Gasteiger charge is 2.19. The maximum atomic E-state index is 4.62. The molecular formula is C10H17N3S. The molecule has 0 aromatic carbocycles. The molecule has 78 valence electrons. The van der Waals surface area contributed by atoms with Crippen molar-refractivity contribution in [1.29, 1.82) is 0 Å². The van der Waals surface area contributed by atoms with Crippen LogP contribution in [-0.2, 0) is 6.42 Å². The second-order valence-corrected chi connectivity index (χ2v) is 4.78. The molecule has 1 aromatic heterocycles. The number of nitrogens with zero attached hydrogens (tertiary/aromatic N) is 1. The number of aromatic amines is 1. The summed E-state index contributed by atoms with van der Waals surface area (Å²) >= 11 is 2.01. The molecule has 2 heterocycles. The van der Waals surface area contributed by atoms with E-state index >= 15 is 0 Å². The van der Waals surface area contributed by atoms with Crippen LogP contribution in [0.2, 0.25) is 0 Å². The topological polar surface area (TPSA) is 40.7 Å². The van der Waals surface area contributed by atoms with Crippen LogP contribution < -0.4 is 5.32 Å². The molecule has 1 saturated heterocycles. The maximum absolute atomic E-state index is 4.62. The van der Waals surface area contributed by atoms with E-state index in [4.69, 9.17) is 0 Å². The predicted molar refractivity (Wildman–Crippen MR) is 60.8 cm³/mol. The molecule has 4 heteroatoms. The zero-order valence-electron chi connectivity index (χ0n) is 8.76. The van der Waals surface area contributed by atoms with Gasteiger partial charge in [-0.1, -0.05) is 6.92 Å². The van der Waals surface area contributed by atoms with E-state index in [1.54, 1.807) is 0 Å². The van der Waals surface area contributed by atoms with Crippen molar-refractivity contribution >= 4 is 11.8 Å². The van der Waals surface area contributed by atoms with Crippen molar-refractivity contribution in [2.75, 3.05) is 18.1 Å². The lowest BCUT2D eigenvalue weighted by molar-refractivity contribution is 0.579. The van der Waals surface area contributed by atoms with Crippen molar-refractivity contribution in [3.05, 3.63) is 17.2 Å². The SMILES string of the molecule is CCc1nc(C2CSCCN2)c(C)[nH]1. The molecule has 14 heavy (non-hydrogen) atoms. The van der Waals surface area contributed by atoms with Crippen molar-refractivity contribution < 1.29 is 0 Å². The molecule has 0 saturated carbocycles. The number of imidazole rings is 1. The fraction of sp³-hybridized carbons (Fsp3) is 0.700. The molecule has 0 amide bonds. The number of hydrogen-bond donors (Lipinski definition) is 2. The first kappa shape index (κ1) is 10.1. The van der Waals surface area contributed by atoms with Gasteiger partial charge in [-0.2, -0.15) is 11.8 Å². The fourth-order valence-corrected chi connectivity index (χ4v) is 2.73. The number of aromatic nitrogens is 2. The smallest absolute Gasteiger partial charge is 0.106 e. The highest BCUT2D eigenvalue weighted by Crippen LogP contribution is 2.22. The van der Waals surface area contributed by atoms with E-state index in [0.717, 1.165) is 24.5 Å². The Balaban J connectivity index is 2.17. The van der Waals surface area contributed by atoms with E-state index in [-0.39, 0.29) is 0 Å². The third-order valence-corrected chi connectivity index (χ3v) is 3.62. The summed E-state index contributed by atoms with van der Waals surface area (Å²) in [5.74, 6) is 3.48. The minimum absolute atomic E-state index is 0.449. The lowest BCUT2D eigenvalue weighted by atomic mass is 10.2. The monoisotopic (exact) mass is 211 g/mol. The van der Waals surface area contributed by atoms with Gasteiger partial charge in [0.15, 0.2) is 0 Å². The molecule has 3 nitrogen and oxygen atoms in total. The van der Waals surface area contributed by atoms with Crippen molar-refractivity contribution in [1.82, 2.24) is 15.3 Å². The Labute approximate surface area is 89.1 Å². The van der Waals surface area contributed by atoms with Gasteiger partial charge in [0.05, 0.1) is 11.7 Å². The van der Waals surface area contributed by atoms with E-state index in [9.17, 15) is 0 Å². The molecule has 1 atom stereocenters. The quantitative estimate of drug-likeness (QED) is 0.781. The predicted octanol–water partition coefficient (Wildman–Crippen LogP) is 1.66. The van der Waals surface area contributed by atoms with Crippen LogP contribution in [0.4, 0.5) is 0 Å². The van der Waals surface area contributed by atoms with Gasteiger partial charge in [0.25, 0.3) is 0 Å². The first-order valence-electron chi connectivity index (χ1n) is 5.17. The summed E-state index contributed by atoms with van der Waals surface area (Å²) in [6, 6.07) is 0.449. The van der Waals surface area contributed by atoms with Crippen LogP contribution in [0.1, 0.15) is 30.2 Å². The first-order chi connectivity index (χ1) is 6.81. The van der Waals surface area contributed by atoms with Gasteiger partial charge in [-0.25, -0.2) is 4.98 Å². The molecule has 0 spiro atoms. The zero-order valence-corrected chi connectivity index (χ0v) is 9.58. The lowest BCUT2D eigenvalue weighted by Gasteiger charge is -2.21. The van der Waals surface area contributed by atoms with Gasteiger partial charge in [-0.05, 0) is 6.92 Å². The lowest BCUT2D eigenvalue weighted by Crippen LogP contribution is -2.30. The normalized spacial score (nSPS) is 22.6. The average Bonchev–Trinajstić information content (AvgIpc) is 2.61. The van der Waals surface area contributed by atoms with E-state index in [1.165, 1.54) is 17.1 Å². The molecule has 0 bridgehead atoms. The third kappa shape index (κ3) is 1.96. The zero-order chi connectivity index (χ0) is 9.97. The van der Waals surface area contributed by atoms with Crippen LogP contribution in [0.25, 0.3) is 0 Å². The molecule has 2 rings (SSSR count). The van der Waals surface area contributed by atoms with Crippen molar-refractivity contribution in [2.45, 2.75) is 26.3 Å². The van der Waals surface area contributed by atoms with E-state index in [2.05, 4.69) is 29.1 Å². The number of aryl methyl sites for hydroxylation is 2. The van der Waals surface area contributed by atoms with Gasteiger partial charge >= 0.3 is 0 Å². The average molecular weight is 211 g/mol. The Bertz CT molecular complexity index is 302. The van der Waals surface area contributed by atoms with Crippen LogP contribution in [0.15, 0.2) is 0 Å². The van der Waals surface area contributed by atoms with Crippen molar-refractivity contribution in [2.24, 2.45) is 0 Å². The first-order valence-corrected chi connectivity index (χ1v) is 6.33. The van der Waals surface area contributed by atoms with Gasteiger partial charge in [-0.3, -0.25) is 0 Å². The van der Waals surface area contributed by atoms with E-state index in [0.29, 0.717) is 6.04 Å². The van der Waals surface area contributed by atoms with E-state index in [1.807, 2.05) is 11.8 Å². The van der Waals surface area contributed by atoms with Crippen LogP contribution in [0, 0.1) is 6.92 Å². The molecule has 1 fully saturated rings. The van der Waals surface area contributed by atoms with Gasteiger partial charge < -0.3 is 10.3 Å². The molecule has 1 aliphatic rings. The number of thioether (sulfide) groups is 1. The number of H-pyrrole nitrogens is 1. The number of nitrogens with one attached hydrogen (secondary N) is 2. The van der Waals surface area contributed by atoms with Crippen molar-refractivity contribution in [3.8, 4) is 0 Å². The van der Waals surface area contributed by atoms with E-state index < -0.39 is 0 Å². The Hall–Kier alpha value is -0.480. The highest BCUT2D eigenvalue weighted by molar-refractivity contribution is 7.99. The van der Waals surface area contributed by atoms with Crippen LogP contribution in [-0.4, -0.2) is 28.0 Å². The molecular weight excluding hydrogens is 194 g/mol. The summed E-state index contributed by atoms with van der Waals surface area (Å²) in [5.41, 5.74) is 2.44. The second kappa shape index (κ2) is 4.36. The van der Waals surface area contributed by atoms with Crippen LogP contribution >= 0.6 is 11.8 Å². The summed E-state index contributed by atoms with van der Waals surface area (Å²) < 4.78 is 0. The summed E-state index contributed by atoms with van der Waals surface area (Å²) in [6.07, 6.45) is 0.987. The number of hydrogen-bond acceptors (Lipinski definition) is 3. The molecule has 0 aliphatic carbocycles. The summed E-state index contributed by atoms with van der Waals surface area (Å²) in [5, 5.41) is 3.51. The largest absolute Gasteiger partial charge is 0.346 e.